The smallest absolute Gasteiger partial charge is 0.245 e. The van der Waals surface area contributed by atoms with Gasteiger partial charge in [0.05, 0.1) is 6.04 Å². The molecule has 240 valence electrons. The summed E-state index contributed by atoms with van der Waals surface area (Å²) >= 11 is 6.15. The molecular formula is C37H48ClN5O2. The first-order valence-corrected chi connectivity index (χ1v) is 16.8. The van der Waals surface area contributed by atoms with Crippen LogP contribution in [0.3, 0.4) is 0 Å². The molecule has 8 heteroatoms. The molecule has 0 saturated carbocycles. The van der Waals surface area contributed by atoms with Gasteiger partial charge in [-0.05, 0) is 68.5 Å². The van der Waals surface area contributed by atoms with Crippen LogP contribution >= 0.6 is 11.6 Å². The van der Waals surface area contributed by atoms with Gasteiger partial charge in [-0.3, -0.25) is 19.4 Å². The van der Waals surface area contributed by atoms with Crippen LogP contribution in [0.4, 0.5) is 0 Å². The largest absolute Gasteiger partial charge is 0.343 e. The van der Waals surface area contributed by atoms with Crippen LogP contribution in [-0.4, -0.2) is 83.4 Å². The van der Waals surface area contributed by atoms with Crippen molar-refractivity contribution >= 4 is 23.4 Å². The average Bonchev–Trinajstić information content (AvgIpc) is 3.05. The molecule has 0 aromatic heterocycles. The summed E-state index contributed by atoms with van der Waals surface area (Å²) in [6.07, 6.45) is 1.02. The number of halogens is 1. The molecule has 1 fully saturated rings. The van der Waals surface area contributed by atoms with E-state index in [1.165, 1.54) is 16.7 Å². The minimum Gasteiger partial charge on any atom is -0.343 e. The van der Waals surface area contributed by atoms with E-state index in [0.29, 0.717) is 49.6 Å². The second-order valence-electron chi connectivity index (χ2n) is 13.0. The lowest BCUT2D eigenvalue weighted by Crippen LogP contribution is -2.59. The van der Waals surface area contributed by atoms with Crippen LogP contribution in [0, 0.1) is 0 Å². The fourth-order valence-electron chi connectivity index (χ4n) is 6.77. The first kappa shape index (κ1) is 33.1. The van der Waals surface area contributed by atoms with E-state index in [9.17, 15) is 9.59 Å². The predicted octanol–water partition coefficient (Wildman–Crippen LogP) is 5.09. The van der Waals surface area contributed by atoms with E-state index in [0.717, 1.165) is 25.2 Å². The molecule has 45 heavy (non-hydrogen) atoms. The number of carbonyl (C=O) groups is 2. The Hall–Kier alpha value is -3.23. The molecule has 0 radical (unpaired) electrons. The van der Waals surface area contributed by atoms with E-state index in [-0.39, 0.29) is 23.9 Å². The molecule has 2 amide bonds. The molecule has 3 atom stereocenters. The number of carbonyl (C=O) groups excluding carboxylic acids is 2. The third-order valence-electron chi connectivity index (χ3n) is 9.33. The fourth-order valence-corrected chi connectivity index (χ4v) is 6.89. The first-order valence-electron chi connectivity index (χ1n) is 16.4. The normalized spacial score (nSPS) is 18.6. The molecule has 2 N–H and O–H groups in total. The van der Waals surface area contributed by atoms with Gasteiger partial charge in [0.15, 0.2) is 0 Å². The maximum atomic E-state index is 14.1. The molecule has 7 nitrogen and oxygen atoms in total. The zero-order valence-corrected chi connectivity index (χ0v) is 27.8. The van der Waals surface area contributed by atoms with Crippen molar-refractivity contribution in [2.24, 2.45) is 0 Å². The zero-order chi connectivity index (χ0) is 31.9. The molecule has 1 unspecified atom stereocenters. The van der Waals surface area contributed by atoms with E-state index < -0.39 is 6.04 Å². The van der Waals surface area contributed by atoms with Crippen LogP contribution in [0.5, 0.6) is 0 Å². The SMILES string of the molecule is CC(C)N(CC(c1ccccc1)N1CCN(C(=O)[C@@H](Cc2ccc(Cl)cc2)NC(=O)[C@H]2Cc3ccccc3CN2)CC1)C(C)C. The van der Waals surface area contributed by atoms with Crippen molar-refractivity contribution in [1.29, 1.82) is 0 Å². The lowest BCUT2D eigenvalue weighted by Gasteiger charge is -2.43. The third-order valence-corrected chi connectivity index (χ3v) is 9.58. The summed E-state index contributed by atoms with van der Waals surface area (Å²) in [6, 6.07) is 26.5. The average molecular weight is 630 g/mol. The first-order chi connectivity index (χ1) is 21.7. The highest BCUT2D eigenvalue weighted by molar-refractivity contribution is 6.30. The molecule has 5 rings (SSSR count). The summed E-state index contributed by atoms with van der Waals surface area (Å²) in [5.74, 6) is -0.168. The number of amides is 2. The summed E-state index contributed by atoms with van der Waals surface area (Å²) < 4.78 is 0. The van der Waals surface area contributed by atoms with Gasteiger partial charge in [-0.1, -0.05) is 78.3 Å². The van der Waals surface area contributed by atoms with Crippen LogP contribution in [0.25, 0.3) is 0 Å². The van der Waals surface area contributed by atoms with Crippen LogP contribution in [0.1, 0.15) is 56.0 Å². The minimum atomic E-state index is -0.661. The van der Waals surface area contributed by atoms with Crippen molar-refractivity contribution in [3.63, 3.8) is 0 Å². The van der Waals surface area contributed by atoms with Crippen LogP contribution in [0.2, 0.25) is 5.02 Å². The van der Waals surface area contributed by atoms with Gasteiger partial charge < -0.3 is 15.5 Å². The number of piperazine rings is 1. The van der Waals surface area contributed by atoms with Gasteiger partial charge in [0, 0.05) is 68.8 Å². The van der Waals surface area contributed by atoms with Crippen molar-refractivity contribution < 1.29 is 9.59 Å². The number of hydrogen-bond donors (Lipinski definition) is 2. The van der Waals surface area contributed by atoms with Gasteiger partial charge >= 0.3 is 0 Å². The number of benzene rings is 3. The molecule has 2 aliphatic heterocycles. The topological polar surface area (TPSA) is 67.9 Å². The van der Waals surface area contributed by atoms with E-state index in [2.05, 4.69) is 90.6 Å². The second kappa shape index (κ2) is 15.4. The Kier molecular flexibility index (Phi) is 11.3. The molecule has 0 aliphatic carbocycles. The monoisotopic (exact) mass is 629 g/mol. The molecule has 1 saturated heterocycles. The standard InChI is InChI=1S/C37H48ClN5O2/c1-26(2)43(27(3)4)25-35(29-10-6-5-7-11-29)41-18-20-42(21-19-41)37(45)34(22-28-14-16-32(38)17-15-28)40-36(44)33-23-30-12-8-9-13-31(30)24-39-33/h5-17,26-27,33-35,39H,18-25H2,1-4H3,(H,40,44)/t33-,34-,35?/m1/s1. The molecule has 0 bridgehead atoms. The highest BCUT2D eigenvalue weighted by Crippen LogP contribution is 2.26. The summed E-state index contributed by atoms with van der Waals surface area (Å²) in [5, 5.41) is 7.16. The van der Waals surface area contributed by atoms with Gasteiger partial charge in [0.2, 0.25) is 11.8 Å². The van der Waals surface area contributed by atoms with Crippen LogP contribution in [0.15, 0.2) is 78.9 Å². The number of hydrogen-bond acceptors (Lipinski definition) is 5. The molecule has 0 spiro atoms. The minimum absolute atomic E-state index is 0.0311. The Morgan fingerprint density at radius 1 is 0.867 bits per heavy atom. The maximum absolute atomic E-state index is 14.1. The quantitative estimate of drug-likeness (QED) is 0.310. The van der Waals surface area contributed by atoms with Crippen molar-refractivity contribution in [2.45, 2.75) is 77.3 Å². The Morgan fingerprint density at radius 3 is 2.13 bits per heavy atom. The second-order valence-corrected chi connectivity index (χ2v) is 13.4. The summed E-state index contributed by atoms with van der Waals surface area (Å²) in [5.41, 5.74) is 4.66. The Labute approximate surface area is 273 Å². The Bertz CT molecular complexity index is 1400. The van der Waals surface area contributed by atoms with Crippen molar-refractivity contribution in [3.8, 4) is 0 Å². The highest BCUT2D eigenvalue weighted by atomic mass is 35.5. The van der Waals surface area contributed by atoms with E-state index in [4.69, 9.17) is 11.6 Å². The maximum Gasteiger partial charge on any atom is 0.245 e. The molecular weight excluding hydrogens is 582 g/mol. The van der Waals surface area contributed by atoms with Crippen molar-refractivity contribution in [3.05, 3.63) is 106 Å². The molecule has 2 aliphatic rings. The number of rotatable bonds is 11. The summed E-state index contributed by atoms with van der Waals surface area (Å²) in [4.78, 5) is 34.7. The van der Waals surface area contributed by atoms with Gasteiger partial charge in [-0.2, -0.15) is 0 Å². The summed E-state index contributed by atoms with van der Waals surface area (Å²) in [6.45, 7) is 13.4. The zero-order valence-electron chi connectivity index (χ0n) is 27.1. The lowest BCUT2D eigenvalue weighted by atomic mass is 9.95. The fraction of sp³-hybridized carbons (Fsp3) is 0.459. The summed E-state index contributed by atoms with van der Waals surface area (Å²) in [7, 11) is 0. The number of nitrogens with zero attached hydrogens (tertiary/aromatic N) is 3. The number of fused-ring (bicyclic) bond motifs is 1. The van der Waals surface area contributed by atoms with E-state index in [1.807, 2.05) is 41.3 Å². The molecule has 2 heterocycles. The van der Waals surface area contributed by atoms with E-state index >= 15 is 0 Å². The van der Waals surface area contributed by atoms with Crippen molar-refractivity contribution in [2.75, 3.05) is 32.7 Å². The van der Waals surface area contributed by atoms with E-state index in [1.54, 1.807) is 0 Å². The van der Waals surface area contributed by atoms with Gasteiger partial charge in [0.1, 0.15) is 6.04 Å². The van der Waals surface area contributed by atoms with Crippen LogP contribution in [-0.2, 0) is 29.0 Å². The van der Waals surface area contributed by atoms with Crippen LogP contribution < -0.4 is 10.6 Å². The Balaban J connectivity index is 1.29. The van der Waals surface area contributed by atoms with Gasteiger partial charge in [-0.15, -0.1) is 0 Å². The van der Waals surface area contributed by atoms with Crippen molar-refractivity contribution in [1.82, 2.24) is 25.3 Å². The predicted molar refractivity (Wildman–Crippen MR) is 182 cm³/mol. The Morgan fingerprint density at radius 2 is 1.49 bits per heavy atom. The lowest BCUT2D eigenvalue weighted by molar-refractivity contribution is -0.138. The van der Waals surface area contributed by atoms with Gasteiger partial charge in [0.25, 0.3) is 0 Å². The van der Waals surface area contributed by atoms with Gasteiger partial charge in [-0.25, -0.2) is 0 Å². The molecule has 3 aromatic rings. The highest BCUT2D eigenvalue weighted by Gasteiger charge is 2.34. The number of nitrogens with one attached hydrogen (secondary N) is 2. The third kappa shape index (κ3) is 8.53. The molecule has 3 aromatic carbocycles.